The first-order valence-corrected chi connectivity index (χ1v) is 11.2. The number of hydrogen-bond donors (Lipinski definition) is 2. The summed E-state index contributed by atoms with van der Waals surface area (Å²) < 4.78 is 10.8. The molecule has 0 fully saturated rings. The van der Waals surface area contributed by atoms with Crippen LogP contribution in [0.3, 0.4) is 0 Å². The van der Waals surface area contributed by atoms with Gasteiger partial charge in [0.05, 0.1) is 6.04 Å². The number of para-hydroxylation sites is 1. The van der Waals surface area contributed by atoms with Crippen molar-refractivity contribution in [1.82, 2.24) is 15.2 Å². The molecule has 2 amide bonds. The van der Waals surface area contributed by atoms with E-state index < -0.39 is 0 Å². The lowest BCUT2D eigenvalue weighted by molar-refractivity contribution is -0.122. The molecule has 0 saturated heterocycles. The number of carbonyl (C=O) groups is 2. The molecule has 4 aromatic rings. The summed E-state index contributed by atoms with van der Waals surface area (Å²) in [6.07, 6.45) is 0. The number of carbonyl (C=O) groups excluding carboxylic acids is 2. The molecule has 0 saturated carbocycles. The summed E-state index contributed by atoms with van der Waals surface area (Å²) in [6.45, 7) is 2.51. The predicted octanol–water partition coefficient (Wildman–Crippen LogP) is 4.07. The highest BCUT2D eigenvalue weighted by atomic mass is 16.7. The number of nitrogens with one attached hydrogen (secondary N) is 2. The van der Waals surface area contributed by atoms with Crippen LogP contribution in [0.15, 0.2) is 66.7 Å². The number of rotatable bonds is 5. The molecule has 1 aromatic heterocycles. The van der Waals surface area contributed by atoms with Crippen LogP contribution in [0.1, 0.15) is 38.8 Å². The van der Waals surface area contributed by atoms with Gasteiger partial charge in [-0.15, -0.1) is 0 Å². The summed E-state index contributed by atoms with van der Waals surface area (Å²) >= 11 is 0. The van der Waals surface area contributed by atoms with Gasteiger partial charge >= 0.3 is 0 Å². The molecule has 1 atom stereocenters. The first-order valence-electron chi connectivity index (χ1n) is 11.2. The second-order valence-corrected chi connectivity index (χ2v) is 8.60. The molecule has 2 aliphatic rings. The predicted molar refractivity (Wildman–Crippen MR) is 127 cm³/mol. The minimum absolute atomic E-state index is 0.0400. The zero-order chi connectivity index (χ0) is 23.2. The van der Waals surface area contributed by atoms with E-state index in [2.05, 4.69) is 16.4 Å². The highest BCUT2D eigenvalue weighted by molar-refractivity contribution is 6.02. The number of hydrogen-bond acceptors (Lipinski definition) is 4. The zero-order valence-electron chi connectivity index (χ0n) is 18.6. The highest BCUT2D eigenvalue weighted by Gasteiger charge is 2.40. The fourth-order valence-corrected chi connectivity index (χ4v) is 4.96. The van der Waals surface area contributed by atoms with Gasteiger partial charge in [0.2, 0.25) is 12.7 Å². The van der Waals surface area contributed by atoms with Crippen molar-refractivity contribution in [3.8, 4) is 11.5 Å². The van der Waals surface area contributed by atoms with Crippen molar-refractivity contribution in [3.05, 3.63) is 94.7 Å². The average Bonchev–Trinajstić information content (AvgIpc) is 3.52. The Morgan fingerprint density at radius 1 is 1.06 bits per heavy atom. The Kier molecular flexibility index (Phi) is 4.76. The minimum atomic E-state index is -0.337. The standard InChI is InChI=1S/C27H23N3O4/c1-16-25(20-8-4-5-9-21(20)29-16)26-18-6-2-3-7-19(18)27(32)30(26)14-24(31)28-13-17-10-11-22-23(12-17)34-15-33-22/h2-12,26,29H,13-15H2,1H3,(H,28,31). The van der Waals surface area contributed by atoms with Crippen molar-refractivity contribution >= 4 is 22.7 Å². The summed E-state index contributed by atoms with van der Waals surface area (Å²) in [7, 11) is 0. The van der Waals surface area contributed by atoms with Crippen molar-refractivity contribution in [2.24, 2.45) is 0 Å². The molecule has 2 N–H and O–H groups in total. The number of H-pyrrole nitrogens is 1. The number of aromatic nitrogens is 1. The summed E-state index contributed by atoms with van der Waals surface area (Å²) in [5.41, 5.74) is 5.49. The van der Waals surface area contributed by atoms with Crippen LogP contribution < -0.4 is 14.8 Å². The van der Waals surface area contributed by atoms with Crippen LogP contribution in [-0.2, 0) is 11.3 Å². The van der Waals surface area contributed by atoms with E-state index in [4.69, 9.17) is 9.47 Å². The van der Waals surface area contributed by atoms with Gasteiger partial charge in [-0.1, -0.05) is 42.5 Å². The van der Waals surface area contributed by atoms with Crippen molar-refractivity contribution in [2.75, 3.05) is 13.3 Å². The second-order valence-electron chi connectivity index (χ2n) is 8.60. The molecule has 3 aromatic carbocycles. The topological polar surface area (TPSA) is 83.7 Å². The van der Waals surface area contributed by atoms with Gasteiger partial charge in [0, 0.05) is 34.3 Å². The van der Waals surface area contributed by atoms with Gasteiger partial charge in [0.25, 0.3) is 5.91 Å². The molecule has 2 aliphatic heterocycles. The Bertz CT molecular complexity index is 1440. The SMILES string of the molecule is Cc1[nH]c2ccccc2c1C1c2ccccc2C(=O)N1CC(=O)NCc1ccc2c(c1)OCO2. The molecule has 3 heterocycles. The Labute approximate surface area is 196 Å². The maximum atomic E-state index is 13.4. The summed E-state index contributed by atoms with van der Waals surface area (Å²) in [6, 6.07) is 20.9. The van der Waals surface area contributed by atoms with Gasteiger partial charge in [0.1, 0.15) is 6.54 Å². The molecule has 7 heteroatoms. The maximum absolute atomic E-state index is 13.4. The smallest absolute Gasteiger partial charge is 0.255 e. The second kappa shape index (κ2) is 7.95. The fraction of sp³-hybridized carbons (Fsp3) is 0.185. The fourth-order valence-electron chi connectivity index (χ4n) is 4.96. The van der Waals surface area contributed by atoms with Gasteiger partial charge in [-0.2, -0.15) is 0 Å². The Balaban J connectivity index is 1.28. The minimum Gasteiger partial charge on any atom is -0.454 e. The monoisotopic (exact) mass is 453 g/mol. The Morgan fingerprint density at radius 2 is 1.85 bits per heavy atom. The quantitative estimate of drug-likeness (QED) is 0.477. The Morgan fingerprint density at radius 3 is 2.76 bits per heavy atom. The molecule has 0 radical (unpaired) electrons. The molecule has 0 aliphatic carbocycles. The van der Waals surface area contributed by atoms with Crippen LogP contribution in [0.25, 0.3) is 10.9 Å². The highest BCUT2D eigenvalue weighted by Crippen LogP contribution is 2.42. The number of aryl methyl sites for hydroxylation is 1. The van der Waals surface area contributed by atoms with E-state index in [0.29, 0.717) is 23.6 Å². The molecule has 170 valence electrons. The number of fused-ring (bicyclic) bond motifs is 3. The molecular weight excluding hydrogens is 430 g/mol. The van der Waals surface area contributed by atoms with Crippen LogP contribution in [0.4, 0.5) is 0 Å². The van der Waals surface area contributed by atoms with E-state index in [-0.39, 0.29) is 31.2 Å². The van der Waals surface area contributed by atoms with Crippen molar-refractivity contribution in [2.45, 2.75) is 19.5 Å². The van der Waals surface area contributed by atoms with Gasteiger partial charge in [-0.3, -0.25) is 9.59 Å². The molecular formula is C27H23N3O4. The van der Waals surface area contributed by atoms with Crippen molar-refractivity contribution < 1.29 is 19.1 Å². The molecule has 0 spiro atoms. The number of nitrogens with zero attached hydrogens (tertiary/aromatic N) is 1. The molecule has 0 bridgehead atoms. The van der Waals surface area contributed by atoms with E-state index in [1.165, 1.54) is 0 Å². The third kappa shape index (κ3) is 3.28. The number of benzene rings is 3. The van der Waals surface area contributed by atoms with Gasteiger partial charge in [0.15, 0.2) is 11.5 Å². The van der Waals surface area contributed by atoms with Crippen molar-refractivity contribution in [1.29, 1.82) is 0 Å². The molecule has 34 heavy (non-hydrogen) atoms. The normalized spacial score (nSPS) is 16.2. The van der Waals surface area contributed by atoms with Crippen LogP contribution in [0.5, 0.6) is 11.5 Å². The number of ether oxygens (including phenoxy) is 2. The Hall–Kier alpha value is -4.26. The van der Waals surface area contributed by atoms with E-state index in [1.54, 1.807) is 4.90 Å². The third-order valence-corrected chi connectivity index (χ3v) is 6.52. The summed E-state index contributed by atoms with van der Waals surface area (Å²) in [5, 5.41) is 4.00. The number of amides is 2. The maximum Gasteiger partial charge on any atom is 0.255 e. The molecule has 6 rings (SSSR count). The summed E-state index contributed by atoms with van der Waals surface area (Å²) in [5.74, 6) is 1.02. The lowest BCUT2D eigenvalue weighted by Crippen LogP contribution is -2.39. The third-order valence-electron chi connectivity index (χ3n) is 6.52. The van der Waals surface area contributed by atoms with E-state index in [0.717, 1.165) is 33.3 Å². The van der Waals surface area contributed by atoms with E-state index in [9.17, 15) is 9.59 Å². The van der Waals surface area contributed by atoms with Gasteiger partial charge in [-0.05, 0) is 42.3 Å². The lowest BCUT2D eigenvalue weighted by atomic mass is 9.95. The van der Waals surface area contributed by atoms with Gasteiger partial charge < -0.3 is 24.7 Å². The summed E-state index contributed by atoms with van der Waals surface area (Å²) in [4.78, 5) is 31.5. The van der Waals surface area contributed by atoms with E-state index >= 15 is 0 Å². The lowest BCUT2D eigenvalue weighted by Gasteiger charge is -2.25. The number of aromatic amines is 1. The van der Waals surface area contributed by atoms with Crippen LogP contribution >= 0.6 is 0 Å². The first kappa shape index (κ1) is 20.4. The molecule has 7 nitrogen and oxygen atoms in total. The van der Waals surface area contributed by atoms with Crippen molar-refractivity contribution in [3.63, 3.8) is 0 Å². The van der Waals surface area contributed by atoms with E-state index in [1.807, 2.05) is 67.6 Å². The molecule has 1 unspecified atom stereocenters. The van der Waals surface area contributed by atoms with Gasteiger partial charge in [-0.25, -0.2) is 0 Å². The average molecular weight is 453 g/mol. The zero-order valence-corrected chi connectivity index (χ0v) is 18.6. The first-order chi connectivity index (χ1) is 16.6. The van der Waals surface area contributed by atoms with Crippen LogP contribution in [0, 0.1) is 6.92 Å². The largest absolute Gasteiger partial charge is 0.454 e. The van der Waals surface area contributed by atoms with Crippen LogP contribution in [0.2, 0.25) is 0 Å². The van der Waals surface area contributed by atoms with Crippen LogP contribution in [-0.4, -0.2) is 35.0 Å².